The summed E-state index contributed by atoms with van der Waals surface area (Å²) in [4.78, 5) is 24.1. The Labute approximate surface area is 269 Å². The molecule has 0 saturated carbocycles. The quantitative estimate of drug-likeness (QED) is 0.0590. The number of fused-ring (bicyclic) bond motifs is 3. The molecular weight excluding hydrogens is 584 g/mol. The molecule has 2 aliphatic heterocycles. The van der Waals surface area contributed by atoms with Gasteiger partial charge < -0.3 is 28.6 Å². The fourth-order valence-corrected chi connectivity index (χ4v) is 5.79. The third kappa shape index (κ3) is 6.60. The fraction of sp³-hybridized carbons (Fsp3) is 0.342. The van der Waals surface area contributed by atoms with Gasteiger partial charge in [-0.15, -0.1) is 0 Å². The SMILES string of the molecule is CCC1(COc2ccc(C(=O)Oc3ccc4c(c3)Cc3cc(OOCc5ccc(OCC6(C)COC6)cc5)ccc3-4)cc2)COC1. The molecule has 2 heterocycles. The first-order valence-electron chi connectivity index (χ1n) is 15.8. The van der Waals surface area contributed by atoms with E-state index < -0.39 is 5.97 Å². The molecule has 8 heteroatoms. The molecule has 2 fully saturated rings. The number of esters is 1. The predicted octanol–water partition coefficient (Wildman–Crippen LogP) is 7.21. The third-order valence-electron chi connectivity index (χ3n) is 9.03. The molecule has 0 radical (unpaired) electrons. The van der Waals surface area contributed by atoms with E-state index >= 15 is 0 Å². The molecule has 0 unspecified atom stereocenters. The number of ether oxygens (including phenoxy) is 5. The van der Waals surface area contributed by atoms with Crippen LogP contribution in [0.5, 0.6) is 23.0 Å². The zero-order valence-electron chi connectivity index (χ0n) is 26.2. The molecule has 2 saturated heterocycles. The van der Waals surface area contributed by atoms with Crippen LogP contribution in [0.2, 0.25) is 0 Å². The molecule has 0 aromatic heterocycles. The van der Waals surface area contributed by atoms with Crippen molar-refractivity contribution in [3.8, 4) is 34.1 Å². The highest BCUT2D eigenvalue weighted by molar-refractivity contribution is 5.91. The lowest BCUT2D eigenvalue weighted by molar-refractivity contribution is -0.217. The topological polar surface area (TPSA) is 81.7 Å². The highest BCUT2D eigenvalue weighted by Gasteiger charge is 2.37. The number of carbonyl (C=O) groups is 1. The van der Waals surface area contributed by atoms with E-state index in [-0.39, 0.29) is 10.8 Å². The van der Waals surface area contributed by atoms with Crippen LogP contribution in [0.4, 0.5) is 0 Å². The highest BCUT2D eigenvalue weighted by Crippen LogP contribution is 2.40. The Morgan fingerprint density at radius 3 is 1.91 bits per heavy atom. The van der Waals surface area contributed by atoms with Crippen LogP contribution in [0.3, 0.4) is 0 Å². The van der Waals surface area contributed by atoms with Crippen LogP contribution >= 0.6 is 0 Å². The van der Waals surface area contributed by atoms with Gasteiger partial charge in [-0.2, -0.15) is 4.89 Å². The van der Waals surface area contributed by atoms with Crippen molar-refractivity contribution in [3.63, 3.8) is 0 Å². The Morgan fingerprint density at radius 2 is 1.30 bits per heavy atom. The van der Waals surface area contributed by atoms with Crippen molar-refractivity contribution in [2.75, 3.05) is 39.6 Å². The van der Waals surface area contributed by atoms with Gasteiger partial charge in [0.1, 0.15) is 23.9 Å². The standard InChI is InChI=1S/C38H38O8/c1-3-38(23-41-24-38)25-43-31-10-6-27(7-11-31)36(39)45-32-12-14-34-28(17-32)16-29-18-33(13-15-35(29)34)46-44-19-26-4-8-30(9-5-26)42-22-37(2)20-40-21-37/h4-15,17-18H,3,16,19-25H2,1-2H3. The first kappa shape index (κ1) is 30.3. The van der Waals surface area contributed by atoms with Crippen LogP contribution in [0, 0.1) is 10.8 Å². The zero-order chi connectivity index (χ0) is 31.6. The molecule has 4 aromatic carbocycles. The first-order chi connectivity index (χ1) is 22.4. The molecule has 0 bridgehead atoms. The van der Waals surface area contributed by atoms with E-state index in [2.05, 4.69) is 13.8 Å². The predicted molar refractivity (Wildman–Crippen MR) is 171 cm³/mol. The lowest BCUT2D eigenvalue weighted by Gasteiger charge is -2.40. The number of benzene rings is 4. The van der Waals surface area contributed by atoms with Crippen LogP contribution in [-0.2, 0) is 27.4 Å². The van der Waals surface area contributed by atoms with Crippen molar-refractivity contribution >= 4 is 5.97 Å². The van der Waals surface area contributed by atoms with Crippen LogP contribution < -0.4 is 19.1 Å². The lowest BCUT2D eigenvalue weighted by atomic mass is 9.84. The van der Waals surface area contributed by atoms with Gasteiger partial charge in [0.15, 0.2) is 5.75 Å². The largest absolute Gasteiger partial charge is 0.493 e. The van der Waals surface area contributed by atoms with Gasteiger partial charge in [0.05, 0.1) is 50.6 Å². The average molecular weight is 623 g/mol. The molecular formula is C38H38O8. The Bertz CT molecular complexity index is 1680. The highest BCUT2D eigenvalue weighted by atomic mass is 17.2. The summed E-state index contributed by atoms with van der Waals surface area (Å²) in [5.41, 5.74) is 6.12. The van der Waals surface area contributed by atoms with Crippen LogP contribution in [0.15, 0.2) is 84.9 Å². The van der Waals surface area contributed by atoms with Gasteiger partial charge in [0.25, 0.3) is 0 Å². The fourth-order valence-electron chi connectivity index (χ4n) is 5.79. The first-order valence-corrected chi connectivity index (χ1v) is 15.8. The molecule has 3 aliphatic rings. The van der Waals surface area contributed by atoms with Gasteiger partial charge in [0.2, 0.25) is 0 Å². The molecule has 8 nitrogen and oxygen atoms in total. The zero-order valence-corrected chi connectivity index (χ0v) is 26.2. The summed E-state index contributed by atoms with van der Waals surface area (Å²) >= 11 is 0. The van der Waals surface area contributed by atoms with E-state index in [0.29, 0.717) is 43.3 Å². The third-order valence-corrected chi connectivity index (χ3v) is 9.03. The molecule has 0 N–H and O–H groups in total. The number of rotatable bonds is 13. The van der Waals surface area contributed by atoms with Crippen LogP contribution in [0.25, 0.3) is 11.1 Å². The molecule has 0 amide bonds. The van der Waals surface area contributed by atoms with Crippen LogP contribution in [-0.4, -0.2) is 45.6 Å². The molecule has 7 rings (SSSR count). The molecule has 0 atom stereocenters. The van der Waals surface area contributed by atoms with E-state index in [1.807, 2.05) is 60.7 Å². The van der Waals surface area contributed by atoms with Crippen molar-refractivity contribution in [2.24, 2.45) is 10.8 Å². The van der Waals surface area contributed by atoms with Gasteiger partial charge in [-0.25, -0.2) is 4.79 Å². The number of hydrogen-bond donors (Lipinski definition) is 0. The van der Waals surface area contributed by atoms with Crippen molar-refractivity contribution in [2.45, 2.75) is 33.3 Å². The van der Waals surface area contributed by atoms with E-state index in [1.54, 1.807) is 24.3 Å². The Balaban J connectivity index is 0.895. The summed E-state index contributed by atoms with van der Waals surface area (Å²) in [6.07, 6.45) is 1.71. The van der Waals surface area contributed by atoms with Gasteiger partial charge in [0, 0.05) is 5.41 Å². The number of carbonyl (C=O) groups excluding carboxylic acids is 1. The smallest absolute Gasteiger partial charge is 0.343 e. The van der Waals surface area contributed by atoms with E-state index in [1.165, 1.54) is 0 Å². The molecule has 4 aromatic rings. The molecule has 238 valence electrons. The maximum Gasteiger partial charge on any atom is 0.343 e. The normalized spacial score (nSPS) is 16.7. The molecule has 46 heavy (non-hydrogen) atoms. The Hall–Kier alpha value is -4.37. The van der Waals surface area contributed by atoms with E-state index in [4.69, 9.17) is 33.5 Å². The molecule has 1 aliphatic carbocycles. The second-order valence-corrected chi connectivity index (χ2v) is 12.9. The second kappa shape index (κ2) is 12.8. The van der Waals surface area contributed by atoms with E-state index in [9.17, 15) is 4.79 Å². The minimum Gasteiger partial charge on any atom is -0.493 e. The van der Waals surface area contributed by atoms with Crippen molar-refractivity contribution in [1.82, 2.24) is 0 Å². The van der Waals surface area contributed by atoms with Gasteiger partial charge in [-0.3, -0.25) is 0 Å². The van der Waals surface area contributed by atoms with Crippen molar-refractivity contribution in [1.29, 1.82) is 0 Å². The minimum absolute atomic E-state index is 0.0985. The van der Waals surface area contributed by atoms with Gasteiger partial charge >= 0.3 is 5.97 Å². The van der Waals surface area contributed by atoms with Crippen molar-refractivity contribution in [3.05, 3.63) is 107 Å². The van der Waals surface area contributed by atoms with Crippen LogP contribution in [0.1, 0.15) is 47.3 Å². The Kier molecular flexibility index (Phi) is 8.42. The maximum atomic E-state index is 12.9. The number of hydrogen-bond acceptors (Lipinski definition) is 8. The summed E-state index contributed by atoms with van der Waals surface area (Å²) < 4.78 is 28.2. The summed E-state index contributed by atoms with van der Waals surface area (Å²) in [5.74, 6) is 2.29. The summed E-state index contributed by atoms with van der Waals surface area (Å²) in [7, 11) is 0. The summed E-state index contributed by atoms with van der Waals surface area (Å²) in [6, 6.07) is 26.6. The maximum absolute atomic E-state index is 12.9. The monoisotopic (exact) mass is 622 g/mol. The van der Waals surface area contributed by atoms with Gasteiger partial charge in [-0.05, 0) is 101 Å². The van der Waals surface area contributed by atoms with E-state index in [0.717, 1.165) is 72.2 Å². The average Bonchev–Trinajstić information content (AvgIpc) is 3.40. The summed E-state index contributed by atoms with van der Waals surface area (Å²) in [6.45, 7) is 8.80. The Morgan fingerprint density at radius 1 is 0.717 bits per heavy atom. The van der Waals surface area contributed by atoms with Gasteiger partial charge in [-0.1, -0.05) is 38.1 Å². The second-order valence-electron chi connectivity index (χ2n) is 12.9. The van der Waals surface area contributed by atoms with Crippen molar-refractivity contribution < 1.29 is 38.3 Å². The summed E-state index contributed by atoms with van der Waals surface area (Å²) in [5, 5.41) is 0. The lowest BCUT2D eigenvalue weighted by Crippen LogP contribution is -2.46. The molecule has 0 spiro atoms. The minimum atomic E-state index is -0.410.